The molecule has 6 nitrogen and oxygen atoms in total. The summed E-state index contributed by atoms with van der Waals surface area (Å²) in [6.45, 7) is 8.46. The minimum atomic E-state index is -0.649. The number of hydrogen-bond acceptors (Lipinski definition) is 5. The fraction of sp³-hybridized carbons (Fsp3) is 0.857. The van der Waals surface area contributed by atoms with E-state index in [0.717, 1.165) is 0 Å². The monoisotopic (exact) mass is 289 g/mol. The lowest BCUT2D eigenvalue weighted by atomic mass is 10.0. The van der Waals surface area contributed by atoms with Crippen molar-refractivity contribution < 1.29 is 23.8 Å². The zero-order chi connectivity index (χ0) is 15.7. The Kier molecular flexibility index (Phi) is 8.96. The standard InChI is InChI=1S/C14H27NO5/c1-10(2)9-20-13(16)12(11(3)4)15(5)14(17)19-8-7-18-6/h10-12H,7-9H2,1-6H3. The SMILES string of the molecule is COCCOC(=O)N(C)C(C(=O)OCC(C)C)C(C)C. The molecule has 0 rings (SSSR count). The normalized spacial score (nSPS) is 12.4. The van der Waals surface area contributed by atoms with E-state index in [1.165, 1.54) is 19.1 Å². The van der Waals surface area contributed by atoms with Crippen LogP contribution in [-0.4, -0.2) is 57.0 Å². The summed E-state index contributed by atoms with van der Waals surface area (Å²) in [5.41, 5.74) is 0. The van der Waals surface area contributed by atoms with E-state index in [4.69, 9.17) is 14.2 Å². The molecule has 0 saturated carbocycles. The Balaban J connectivity index is 4.56. The van der Waals surface area contributed by atoms with Gasteiger partial charge < -0.3 is 14.2 Å². The van der Waals surface area contributed by atoms with Crippen LogP contribution in [0.15, 0.2) is 0 Å². The maximum absolute atomic E-state index is 12.1. The fourth-order valence-electron chi connectivity index (χ4n) is 1.64. The number of likely N-dealkylation sites (N-methyl/N-ethyl adjacent to an activating group) is 1. The number of methoxy groups -OCH3 is 1. The van der Waals surface area contributed by atoms with Crippen LogP contribution in [0.5, 0.6) is 0 Å². The van der Waals surface area contributed by atoms with Gasteiger partial charge in [-0.3, -0.25) is 4.90 Å². The molecule has 118 valence electrons. The molecule has 1 atom stereocenters. The van der Waals surface area contributed by atoms with Gasteiger partial charge in [-0.15, -0.1) is 0 Å². The van der Waals surface area contributed by atoms with Gasteiger partial charge in [-0.1, -0.05) is 27.7 Å². The van der Waals surface area contributed by atoms with Gasteiger partial charge in [-0.25, -0.2) is 9.59 Å². The third kappa shape index (κ3) is 6.75. The molecule has 0 aliphatic heterocycles. The van der Waals surface area contributed by atoms with Crippen molar-refractivity contribution >= 4 is 12.1 Å². The number of hydrogen-bond donors (Lipinski definition) is 0. The van der Waals surface area contributed by atoms with E-state index < -0.39 is 18.1 Å². The Bertz CT molecular complexity index is 304. The van der Waals surface area contributed by atoms with Gasteiger partial charge in [-0.2, -0.15) is 0 Å². The molecule has 0 fully saturated rings. The molecule has 0 aromatic rings. The number of carbonyl (C=O) groups excluding carboxylic acids is 2. The maximum Gasteiger partial charge on any atom is 0.410 e. The molecule has 1 unspecified atom stereocenters. The second-order valence-corrected chi connectivity index (χ2v) is 5.43. The smallest absolute Gasteiger partial charge is 0.410 e. The van der Waals surface area contributed by atoms with Crippen molar-refractivity contribution in [3.8, 4) is 0 Å². The lowest BCUT2D eigenvalue weighted by Gasteiger charge is -2.28. The highest BCUT2D eigenvalue weighted by Gasteiger charge is 2.32. The van der Waals surface area contributed by atoms with Crippen LogP contribution in [0.4, 0.5) is 4.79 Å². The maximum atomic E-state index is 12.1. The van der Waals surface area contributed by atoms with Crippen LogP contribution in [0, 0.1) is 11.8 Å². The minimum Gasteiger partial charge on any atom is -0.464 e. The van der Waals surface area contributed by atoms with E-state index in [9.17, 15) is 9.59 Å². The summed E-state index contributed by atoms with van der Waals surface area (Å²) in [6, 6.07) is -0.649. The third-order valence-corrected chi connectivity index (χ3v) is 2.65. The molecular formula is C14H27NO5. The van der Waals surface area contributed by atoms with Crippen LogP contribution in [0.25, 0.3) is 0 Å². The lowest BCUT2D eigenvalue weighted by Crippen LogP contribution is -2.47. The Morgan fingerprint density at radius 2 is 1.65 bits per heavy atom. The average Bonchev–Trinajstić information content (AvgIpc) is 2.36. The molecule has 0 aromatic heterocycles. The minimum absolute atomic E-state index is 0.0605. The Morgan fingerprint density at radius 1 is 1.05 bits per heavy atom. The van der Waals surface area contributed by atoms with Crippen LogP contribution >= 0.6 is 0 Å². The summed E-state index contributed by atoms with van der Waals surface area (Å²) >= 11 is 0. The molecule has 0 radical (unpaired) electrons. The Hall–Kier alpha value is -1.30. The number of nitrogens with zero attached hydrogens (tertiary/aromatic N) is 1. The van der Waals surface area contributed by atoms with Crippen LogP contribution in [0.1, 0.15) is 27.7 Å². The molecule has 0 bridgehead atoms. The van der Waals surface area contributed by atoms with Gasteiger partial charge in [0.25, 0.3) is 0 Å². The second kappa shape index (κ2) is 9.58. The van der Waals surface area contributed by atoms with Crippen molar-refractivity contribution in [3.63, 3.8) is 0 Å². The van der Waals surface area contributed by atoms with Crippen molar-refractivity contribution in [2.45, 2.75) is 33.7 Å². The predicted octanol–water partition coefficient (Wildman–Crippen LogP) is 1.92. The first-order valence-corrected chi connectivity index (χ1v) is 6.86. The second-order valence-electron chi connectivity index (χ2n) is 5.43. The number of ether oxygens (including phenoxy) is 3. The number of rotatable bonds is 8. The van der Waals surface area contributed by atoms with Crippen molar-refractivity contribution in [2.75, 3.05) is 34.0 Å². The fourth-order valence-corrected chi connectivity index (χ4v) is 1.64. The number of carbonyl (C=O) groups is 2. The van der Waals surface area contributed by atoms with Crippen LogP contribution in [-0.2, 0) is 19.0 Å². The lowest BCUT2D eigenvalue weighted by molar-refractivity contribution is -0.151. The molecule has 0 spiro atoms. The first-order chi connectivity index (χ1) is 9.31. The number of esters is 1. The molecule has 20 heavy (non-hydrogen) atoms. The molecule has 0 heterocycles. The average molecular weight is 289 g/mol. The molecule has 0 N–H and O–H groups in total. The number of amides is 1. The van der Waals surface area contributed by atoms with E-state index in [0.29, 0.717) is 13.2 Å². The molecule has 0 aliphatic rings. The summed E-state index contributed by atoms with van der Waals surface area (Å²) in [4.78, 5) is 25.2. The summed E-state index contributed by atoms with van der Waals surface area (Å²) in [5, 5.41) is 0. The molecule has 6 heteroatoms. The Morgan fingerprint density at radius 3 is 2.10 bits per heavy atom. The van der Waals surface area contributed by atoms with Crippen LogP contribution in [0.3, 0.4) is 0 Å². The van der Waals surface area contributed by atoms with Gasteiger partial charge in [0.2, 0.25) is 0 Å². The molecule has 0 aromatic carbocycles. The third-order valence-electron chi connectivity index (χ3n) is 2.65. The van der Waals surface area contributed by atoms with E-state index in [-0.39, 0.29) is 18.4 Å². The first kappa shape index (κ1) is 18.7. The van der Waals surface area contributed by atoms with Crippen molar-refractivity contribution in [1.29, 1.82) is 0 Å². The molecule has 1 amide bonds. The van der Waals surface area contributed by atoms with Gasteiger partial charge >= 0.3 is 12.1 Å². The highest BCUT2D eigenvalue weighted by atomic mass is 16.6. The summed E-state index contributed by atoms with van der Waals surface area (Å²) < 4.78 is 15.0. The zero-order valence-corrected chi connectivity index (χ0v) is 13.3. The van der Waals surface area contributed by atoms with Crippen LogP contribution < -0.4 is 0 Å². The summed E-state index contributed by atoms with van der Waals surface area (Å²) in [7, 11) is 3.06. The largest absolute Gasteiger partial charge is 0.464 e. The van der Waals surface area contributed by atoms with Gasteiger partial charge in [0.1, 0.15) is 12.6 Å². The van der Waals surface area contributed by atoms with Gasteiger partial charge in [0.05, 0.1) is 13.2 Å². The molecule has 0 saturated heterocycles. The van der Waals surface area contributed by atoms with E-state index in [2.05, 4.69) is 0 Å². The van der Waals surface area contributed by atoms with E-state index in [1.807, 2.05) is 27.7 Å². The highest BCUT2D eigenvalue weighted by Crippen LogP contribution is 2.13. The topological polar surface area (TPSA) is 65.1 Å². The van der Waals surface area contributed by atoms with Gasteiger partial charge in [-0.05, 0) is 11.8 Å². The zero-order valence-electron chi connectivity index (χ0n) is 13.3. The Labute approximate surface area is 121 Å². The predicted molar refractivity (Wildman–Crippen MR) is 75.4 cm³/mol. The van der Waals surface area contributed by atoms with Crippen molar-refractivity contribution in [1.82, 2.24) is 4.90 Å². The molecular weight excluding hydrogens is 262 g/mol. The quantitative estimate of drug-likeness (QED) is 0.504. The summed E-state index contributed by atoms with van der Waals surface area (Å²) in [5.74, 6) is -0.208. The first-order valence-electron chi connectivity index (χ1n) is 6.86. The van der Waals surface area contributed by atoms with Crippen molar-refractivity contribution in [3.05, 3.63) is 0 Å². The summed E-state index contributed by atoms with van der Waals surface area (Å²) in [6.07, 6.45) is -0.553. The van der Waals surface area contributed by atoms with Gasteiger partial charge in [0.15, 0.2) is 0 Å². The van der Waals surface area contributed by atoms with Crippen molar-refractivity contribution in [2.24, 2.45) is 11.8 Å². The van der Waals surface area contributed by atoms with Gasteiger partial charge in [0, 0.05) is 14.2 Å². The van der Waals surface area contributed by atoms with E-state index >= 15 is 0 Å². The van der Waals surface area contributed by atoms with E-state index in [1.54, 1.807) is 0 Å². The highest BCUT2D eigenvalue weighted by molar-refractivity contribution is 5.81. The van der Waals surface area contributed by atoms with Crippen LogP contribution in [0.2, 0.25) is 0 Å². The molecule has 0 aliphatic carbocycles.